The molecule has 0 bridgehead atoms. The predicted octanol–water partition coefficient (Wildman–Crippen LogP) is 4.35. The Morgan fingerprint density at radius 3 is 2.70 bits per heavy atom. The van der Waals surface area contributed by atoms with E-state index in [-0.39, 0.29) is 0 Å². The van der Waals surface area contributed by atoms with Gasteiger partial charge in [-0.2, -0.15) is 0 Å². The van der Waals surface area contributed by atoms with Gasteiger partial charge in [0.1, 0.15) is 0 Å². The first-order valence-electron chi connectivity index (χ1n) is 7.72. The molecule has 1 aliphatic carbocycles. The summed E-state index contributed by atoms with van der Waals surface area (Å²) < 4.78 is 6.87. The topological polar surface area (TPSA) is 21.3 Å². The summed E-state index contributed by atoms with van der Waals surface area (Å²) in [4.78, 5) is 0. The van der Waals surface area contributed by atoms with Gasteiger partial charge in [-0.05, 0) is 42.7 Å². The Hall–Kier alpha value is -0.380. The summed E-state index contributed by atoms with van der Waals surface area (Å²) in [5.74, 6) is 1.45. The van der Waals surface area contributed by atoms with Crippen LogP contribution in [0.5, 0.6) is 0 Å². The predicted molar refractivity (Wildman–Crippen MR) is 88.2 cm³/mol. The first kappa shape index (κ1) is 16.0. The van der Waals surface area contributed by atoms with Gasteiger partial charge >= 0.3 is 0 Å². The lowest BCUT2D eigenvalue weighted by molar-refractivity contribution is 0.119. The van der Waals surface area contributed by atoms with Crippen LogP contribution < -0.4 is 5.32 Å². The van der Waals surface area contributed by atoms with Crippen LogP contribution in [0, 0.1) is 5.92 Å². The van der Waals surface area contributed by atoms with Crippen LogP contribution in [-0.4, -0.2) is 25.8 Å². The number of halogens is 1. The highest BCUT2D eigenvalue weighted by Crippen LogP contribution is 2.39. The first-order valence-corrected chi connectivity index (χ1v) is 8.51. The van der Waals surface area contributed by atoms with E-state index in [0.29, 0.717) is 12.0 Å². The molecule has 0 aromatic heterocycles. The molecule has 20 heavy (non-hydrogen) atoms. The Balaban J connectivity index is 1.55. The van der Waals surface area contributed by atoms with Gasteiger partial charge in [-0.1, -0.05) is 48.0 Å². The van der Waals surface area contributed by atoms with Crippen molar-refractivity contribution >= 4 is 15.9 Å². The van der Waals surface area contributed by atoms with Crippen molar-refractivity contribution in [3.05, 3.63) is 34.3 Å². The van der Waals surface area contributed by atoms with E-state index in [1.54, 1.807) is 0 Å². The standard InChI is InChI=1S/C17H26BrNO/c1-13(2)7-9-20-10-8-19-15-11-14(12-15)16-5-3-4-6-17(16)18/h3-6,13-15,19H,7-12H2,1-2H3. The molecule has 0 amide bonds. The molecule has 1 fully saturated rings. The zero-order valence-electron chi connectivity index (χ0n) is 12.6. The van der Waals surface area contributed by atoms with Crippen LogP contribution in [-0.2, 0) is 4.74 Å². The molecule has 1 aromatic carbocycles. The molecule has 0 heterocycles. The van der Waals surface area contributed by atoms with Crippen LogP contribution in [0.1, 0.15) is 44.6 Å². The van der Waals surface area contributed by atoms with Crippen LogP contribution in [0.25, 0.3) is 0 Å². The fraction of sp³-hybridized carbons (Fsp3) is 0.647. The number of rotatable bonds is 8. The van der Waals surface area contributed by atoms with E-state index >= 15 is 0 Å². The van der Waals surface area contributed by atoms with E-state index in [2.05, 4.69) is 59.4 Å². The minimum absolute atomic E-state index is 0.667. The molecule has 2 nitrogen and oxygen atoms in total. The Morgan fingerprint density at radius 2 is 2.00 bits per heavy atom. The van der Waals surface area contributed by atoms with Gasteiger partial charge in [-0.3, -0.25) is 0 Å². The second kappa shape index (κ2) is 8.16. The zero-order valence-corrected chi connectivity index (χ0v) is 14.2. The lowest BCUT2D eigenvalue weighted by atomic mass is 9.76. The Kier molecular flexibility index (Phi) is 6.53. The smallest absolute Gasteiger partial charge is 0.0591 e. The number of ether oxygens (including phenoxy) is 1. The molecule has 1 aromatic rings. The first-order chi connectivity index (χ1) is 9.66. The van der Waals surface area contributed by atoms with Crippen molar-refractivity contribution in [1.29, 1.82) is 0 Å². The molecule has 1 aliphatic rings. The largest absolute Gasteiger partial charge is 0.380 e. The van der Waals surface area contributed by atoms with E-state index in [4.69, 9.17) is 4.74 Å². The molecule has 0 atom stereocenters. The van der Waals surface area contributed by atoms with E-state index in [1.807, 2.05) is 0 Å². The molecule has 0 unspecified atom stereocenters. The van der Waals surface area contributed by atoms with Crippen molar-refractivity contribution in [3.8, 4) is 0 Å². The summed E-state index contributed by atoms with van der Waals surface area (Å²) in [6.07, 6.45) is 3.65. The summed E-state index contributed by atoms with van der Waals surface area (Å²) in [6.45, 7) is 7.17. The van der Waals surface area contributed by atoms with E-state index in [1.165, 1.54) is 22.9 Å². The highest BCUT2D eigenvalue weighted by molar-refractivity contribution is 9.10. The number of benzene rings is 1. The third-order valence-corrected chi connectivity index (χ3v) is 4.72. The Labute approximate surface area is 131 Å². The molecular formula is C17H26BrNO. The maximum absolute atomic E-state index is 5.62. The van der Waals surface area contributed by atoms with Crippen molar-refractivity contribution < 1.29 is 4.74 Å². The van der Waals surface area contributed by atoms with Crippen molar-refractivity contribution in [2.45, 2.75) is 45.1 Å². The van der Waals surface area contributed by atoms with Crippen LogP contribution in [0.2, 0.25) is 0 Å². The molecule has 3 heteroatoms. The fourth-order valence-electron chi connectivity index (χ4n) is 2.60. The Bertz CT molecular complexity index is 402. The zero-order chi connectivity index (χ0) is 14.4. The third-order valence-electron chi connectivity index (χ3n) is 4.00. The molecule has 1 N–H and O–H groups in total. The summed E-state index contributed by atoms with van der Waals surface area (Å²) in [7, 11) is 0. The van der Waals surface area contributed by atoms with Gasteiger partial charge in [0.05, 0.1) is 6.61 Å². The van der Waals surface area contributed by atoms with Crippen molar-refractivity contribution in [2.75, 3.05) is 19.8 Å². The summed E-state index contributed by atoms with van der Waals surface area (Å²) in [5, 5.41) is 3.59. The van der Waals surface area contributed by atoms with E-state index in [0.717, 1.165) is 32.1 Å². The van der Waals surface area contributed by atoms with Crippen LogP contribution in [0.4, 0.5) is 0 Å². The lowest BCUT2D eigenvalue weighted by Crippen LogP contribution is -2.41. The van der Waals surface area contributed by atoms with E-state index in [9.17, 15) is 0 Å². The average Bonchev–Trinajstić information content (AvgIpc) is 2.36. The quantitative estimate of drug-likeness (QED) is 0.711. The summed E-state index contributed by atoms with van der Waals surface area (Å²) in [5.41, 5.74) is 1.46. The molecule has 2 rings (SSSR count). The van der Waals surface area contributed by atoms with Crippen LogP contribution in [0.3, 0.4) is 0 Å². The van der Waals surface area contributed by atoms with Crippen LogP contribution in [0.15, 0.2) is 28.7 Å². The van der Waals surface area contributed by atoms with Crippen molar-refractivity contribution in [2.24, 2.45) is 5.92 Å². The number of hydrogen-bond acceptors (Lipinski definition) is 2. The van der Waals surface area contributed by atoms with Gasteiger partial charge in [-0.25, -0.2) is 0 Å². The lowest BCUT2D eigenvalue weighted by Gasteiger charge is -2.37. The highest BCUT2D eigenvalue weighted by Gasteiger charge is 2.30. The van der Waals surface area contributed by atoms with Gasteiger partial charge in [0, 0.05) is 23.7 Å². The van der Waals surface area contributed by atoms with Gasteiger partial charge < -0.3 is 10.1 Å². The monoisotopic (exact) mass is 339 g/mol. The van der Waals surface area contributed by atoms with Crippen LogP contribution >= 0.6 is 15.9 Å². The molecular weight excluding hydrogens is 314 g/mol. The molecule has 0 radical (unpaired) electrons. The number of hydrogen-bond donors (Lipinski definition) is 1. The molecule has 0 saturated heterocycles. The summed E-state index contributed by atoms with van der Waals surface area (Å²) >= 11 is 3.64. The Morgan fingerprint density at radius 1 is 1.25 bits per heavy atom. The summed E-state index contributed by atoms with van der Waals surface area (Å²) in [6, 6.07) is 9.25. The maximum Gasteiger partial charge on any atom is 0.0591 e. The minimum Gasteiger partial charge on any atom is -0.380 e. The fourth-order valence-corrected chi connectivity index (χ4v) is 3.21. The van der Waals surface area contributed by atoms with E-state index < -0.39 is 0 Å². The third kappa shape index (κ3) is 4.87. The van der Waals surface area contributed by atoms with Crippen molar-refractivity contribution in [1.82, 2.24) is 5.32 Å². The molecule has 0 aliphatic heterocycles. The normalized spacial score (nSPS) is 22.0. The molecule has 112 valence electrons. The van der Waals surface area contributed by atoms with Gasteiger partial charge in [0.15, 0.2) is 0 Å². The SMILES string of the molecule is CC(C)CCOCCNC1CC(c2ccccc2Br)C1. The van der Waals surface area contributed by atoms with Gasteiger partial charge in [0.2, 0.25) is 0 Å². The minimum atomic E-state index is 0.667. The molecule has 0 spiro atoms. The second-order valence-electron chi connectivity index (χ2n) is 6.14. The van der Waals surface area contributed by atoms with Crippen molar-refractivity contribution in [3.63, 3.8) is 0 Å². The number of nitrogens with one attached hydrogen (secondary N) is 1. The highest BCUT2D eigenvalue weighted by atomic mass is 79.9. The average molecular weight is 340 g/mol. The maximum atomic E-state index is 5.62. The van der Waals surface area contributed by atoms with Gasteiger partial charge in [-0.15, -0.1) is 0 Å². The van der Waals surface area contributed by atoms with Gasteiger partial charge in [0.25, 0.3) is 0 Å². The second-order valence-corrected chi connectivity index (χ2v) is 6.99. The molecule has 1 saturated carbocycles.